The maximum absolute atomic E-state index is 12.2. The molecule has 0 aliphatic carbocycles. The first-order valence-corrected chi connectivity index (χ1v) is 9.76. The predicted molar refractivity (Wildman–Crippen MR) is 86.6 cm³/mol. The van der Waals surface area contributed by atoms with Crippen LogP contribution < -0.4 is 5.32 Å². The lowest BCUT2D eigenvalue weighted by molar-refractivity contribution is -0.129. The number of thioether (sulfide) groups is 1. The number of carbonyl (C=O) groups is 3. The highest BCUT2D eigenvalue weighted by molar-refractivity contribution is 8.18. The van der Waals surface area contributed by atoms with Gasteiger partial charge in [-0.05, 0) is 30.3 Å². The van der Waals surface area contributed by atoms with Crippen molar-refractivity contribution < 1.29 is 27.2 Å². The van der Waals surface area contributed by atoms with Crippen LogP contribution in [-0.2, 0) is 19.4 Å². The van der Waals surface area contributed by atoms with Crippen LogP contribution in [0.1, 0.15) is 12.2 Å². The van der Waals surface area contributed by atoms with Gasteiger partial charge in [0.15, 0.2) is 9.84 Å². The molecule has 3 amide bonds. The molecule has 0 aromatic carbocycles. The fourth-order valence-electron chi connectivity index (χ4n) is 2.46. The molecule has 0 bridgehead atoms. The second-order valence-electron chi connectivity index (χ2n) is 5.45. The molecular weight excluding hydrogens is 356 g/mol. The van der Waals surface area contributed by atoms with E-state index >= 15 is 0 Å². The Bertz CT molecular complexity index is 812. The number of hydrogen-bond donors (Lipinski definition) is 1. The van der Waals surface area contributed by atoms with Crippen molar-refractivity contribution in [3.8, 4) is 0 Å². The number of hydrogen-bond acceptors (Lipinski definition) is 7. The predicted octanol–water partition coefficient (Wildman–Crippen LogP) is 0.619. The Labute approximate surface area is 142 Å². The summed E-state index contributed by atoms with van der Waals surface area (Å²) in [6.45, 7) is -0.434. The summed E-state index contributed by atoms with van der Waals surface area (Å²) < 4.78 is 27.8. The lowest BCUT2D eigenvalue weighted by Crippen LogP contribution is -2.43. The molecule has 24 heavy (non-hydrogen) atoms. The molecule has 2 saturated heterocycles. The monoisotopic (exact) mass is 370 g/mol. The number of amides is 3. The molecule has 2 fully saturated rings. The number of sulfone groups is 1. The molecule has 0 radical (unpaired) electrons. The Hall–Kier alpha value is -2.07. The van der Waals surface area contributed by atoms with E-state index in [-0.39, 0.29) is 16.4 Å². The molecule has 1 N–H and O–H groups in total. The number of nitrogens with one attached hydrogen (secondary N) is 1. The highest BCUT2D eigenvalue weighted by Crippen LogP contribution is 2.32. The molecule has 1 atom stereocenters. The van der Waals surface area contributed by atoms with Gasteiger partial charge >= 0.3 is 0 Å². The third-order valence-corrected chi connectivity index (χ3v) is 6.26. The van der Waals surface area contributed by atoms with Crippen LogP contribution in [0.2, 0.25) is 0 Å². The van der Waals surface area contributed by atoms with Crippen LogP contribution in [-0.4, -0.2) is 54.5 Å². The third-order valence-electron chi connectivity index (χ3n) is 3.59. The van der Waals surface area contributed by atoms with E-state index in [0.29, 0.717) is 12.2 Å². The van der Waals surface area contributed by atoms with Crippen LogP contribution >= 0.6 is 11.8 Å². The van der Waals surface area contributed by atoms with Crippen LogP contribution in [0.3, 0.4) is 0 Å². The zero-order valence-corrected chi connectivity index (χ0v) is 14.1. The number of nitrogens with zero attached hydrogens (tertiary/aromatic N) is 1. The van der Waals surface area contributed by atoms with Gasteiger partial charge in [0.1, 0.15) is 12.3 Å². The molecule has 0 saturated carbocycles. The minimum atomic E-state index is -3.11. The number of furan rings is 1. The summed E-state index contributed by atoms with van der Waals surface area (Å²) in [5.74, 6) is -0.778. The quantitative estimate of drug-likeness (QED) is 0.773. The molecule has 3 rings (SSSR count). The van der Waals surface area contributed by atoms with Gasteiger partial charge in [-0.1, -0.05) is 0 Å². The molecule has 2 aliphatic rings. The summed E-state index contributed by atoms with van der Waals surface area (Å²) in [7, 11) is -3.11. The topological polar surface area (TPSA) is 114 Å². The first-order chi connectivity index (χ1) is 11.3. The summed E-state index contributed by atoms with van der Waals surface area (Å²) in [5, 5.41) is 2.00. The molecular formula is C14H14N2O6S2. The van der Waals surface area contributed by atoms with Gasteiger partial charge in [0.2, 0.25) is 5.91 Å². The molecule has 128 valence electrons. The highest BCUT2D eigenvalue weighted by Gasteiger charge is 2.37. The van der Waals surface area contributed by atoms with Gasteiger partial charge in [-0.25, -0.2) is 8.42 Å². The molecule has 1 aromatic rings. The van der Waals surface area contributed by atoms with Crippen LogP contribution in [0.5, 0.6) is 0 Å². The molecule has 3 heterocycles. The Morgan fingerprint density at radius 2 is 2.25 bits per heavy atom. The van der Waals surface area contributed by atoms with E-state index in [9.17, 15) is 22.8 Å². The smallest absolute Gasteiger partial charge is 0.294 e. The minimum Gasteiger partial charge on any atom is -0.465 e. The van der Waals surface area contributed by atoms with Gasteiger partial charge in [-0.3, -0.25) is 19.3 Å². The molecule has 0 spiro atoms. The lowest BCUT2D eigenvalue weighted by atomic mass is 10.2. The summed E-state index contributed by atoms with van der Waals surface area (Å²) in [6.07, 6.45) is 3.22. The van der Waals surface area contributed by atoms with Gasteiger partial charge in [0, 0.05) is 12.1 Å². The van der Waals surface area contributed by atoms with Gasteiger partial charge in [-0.2, -0.15) is 0 Å². The van der Waals surface area contributed by atoms with Crippen LogP contribution in [0.4, 0.5) is 4.79 Å². The second-order valence-corrected chi connectivity index (χ2v) is 8.67. The molecule has 0 unspecified atom stereocenters. The summed E-state index contributed by atoms with van der Waals surface area (Å²) in [6, 6.07) is 2.82. The SMILES string of the molecule is O=C(CN1C(=O)S/C(=C\c2ccco2)C1=O)N[C@@H]1CCS(=O)(=O)C1. The van der Waals surface area contributed by atoms with E-state index in [1.54, 1.807) is 12.1 Å². The van der Waals surface area contributed by atoms with Crippen molar-refractivity contribution in [2.45, 2.75) is 12.5 Å². The molecule has 2 aliphatic heterocycles. The average molecular weight is 370 g/mol. The van der Waals surface area contributed by atoms with Crippen molar-refractivity contribution >= 4 is 44.7 Å². The first-order valence-electron chi connectivity index (χ1n) is 7.13. The van der Waals surface area contributed by atoms with E-state index in [0.717, 1.165) is 16.7 Å². The second kappa shape index (κ2) is 6.44. The van der Waals surface area contributed by atoms with Gasteiger partial charge < -0.3 is 9.73 Å². The van der Waals surface area contributed by atoms with E-state index in [1.807, 2.05) is 0 Å². The largest absolute Gasteiger partial charge is 0.465 e. The molecule has 1 aromatic heterocycles. The van der Waals surface area contributed by atoms with Crippen LogP contribution in [0.25, 0.3) is 6.08 Å². The molecule has 8 nitrogen and oxygen atoms in total. The van der Waals surface area contributed by atoms with E-state index in [2.05, 4.69) is 5.32 Å². The minimum absolute atomic E-state index is 0.0331. The van der Waals surface area contributed by atoms with E-state index < -0.39 is 39.5 Å². The normalized spacial score (nSPS) is 24.8. The zero-order valence-electron chi connectivity index (χ0n) is 12.4. The molecule has 10 heteroatoms. The van der Waals surface area contributed by atoms with Crippen LogP contribution in [0.15, 0.2) is 27.7 Å². The third kappa shape index (κ3) is 3.70. The Balaban J connectivity index is 1.62. The zero-order chi connectivity index (χ0) is 17.3. The Morgan fingerprint density at radius 3 is 2.88 bits per heavy atom. The number of rotatable bonds is 4. The van der Waals surface area contributed by atoms with Crippen molar-refractivity contribution in [3.05, 3.63) is 29.1 Å². The fraction of sp³-hybridized carbons (Fsp3) is 0.357. The van der Waals surface area contributed by atoms with Crippen molar-refractivity contribution in [3.63, 3.8) is 0 Å². The maximum Gasteiger partial charge on any atom is 0.294 e. The van der Waals surface area contributed by atoms with Gasteiger partial charge in [0.25, 0.3) is 11.1 Å². The lowest BCUT2D eigenvalue weighted by Gasteiger charge is -2.15. The fourth-order valence-corrected chi connectivity index (χ4v) is 4.96. The van der Waals surface area contributed by atoms with E-state index in [4.69, 9.17) is 4.42 Å². The highest BCUT2D eigenvalue weighted by atomic mass is 32.2. The number of carbonyl (C=O) groups excluding carboxylic acids is 3. The van der Waals surface area contributed by atoms with Crippen molar-refractivity contribution in [1.82, 2.24) is 10.2 Å². The summed E-state index contributed by atoms with van der Waals surface area (Å²) in [4.78, 5) is 37.1. The van der Waals surface area contributed by atoms with Crippen molar-refractivity contribution in [2.75, 3.05) is 18.1 Å². The summed E-state index contributed by atoms with van der Waals surface area (Å²) in [5.41, 5.74) is 0. The maximum atomic E-state index is 12.2. The van der Waals surface area contributed by atoms with Gasteiger partial charge in [0.05, 0.1) is 22.7 Å². The van der Waals surface area contributed by atoms with Crippen LogP contribution in [0, 0.1) is 0 Å². The Morgan fingerprint density at radius 1 is 1.46 bits per heavy atom. The van der Waals surface area contributed by atoms with Crippen molar-refractivity contribution in [2.24, 2.45) is 0 Å². The average Bonchev–Trinajstić information content (AvgIpc) is 3.17. The van der Waals surface area contributed by atoms with E-state index in [1.165, 1.54) is 12.3 Å². The number of imide groups is 1. The Kier molecular flexibility index (Phi) is 4.50. The standard InChI is InChI=1S/C14H14N2O6S2/c17-12(15-9-3-5-24(20,21)8-9)7-16-13(18)11(23-14(16)19)6-10-2-1-4-22-10/h1-2,4,6,9H,3,5,7-8H2,(H,15,17)/b11-6-/t9-/m1/s1. The first kappa shape index (κ1) is 16.8. The van der Waals surface area contributed by atoms with Gasteiger partial charge in [-0.15, -0.1) is 0 Å². The van der Waals surface area contributed by atoms with Crippen molar-refractivity contribution in [1.29, 1.82) is 0 Å². The summed E-state index contributed by atoms with van der Waals surface area (Å²) >= 11 is 0.727.